The standard InChI is InChI=1S/C19H16F3N3O/c20-19(21,22)16-4-1-3-15(11-16)6-7-18(26,13-25-10-9-24-14-25)17-5-2-8-23-12-17/h1-12,14,26H,13H2/b7-6+. The lowest BCUT2D eigenvalue weighted by molar-refractivity contribution is -0.137. The number of aromatic nitrogens is 3. The van der Waals surface area contributed by atoms with E-state index in [9.17, 15) is 18.3 Å². The van der Waals surface area contributed by atoms with Gasteiger partial charge < -0.3 is 9.67 Å². The molecule has 7 heteroatoms. The maximum Gasteiger partial charge on any atom is 0.416 e. The average molecular weight is 359 g/mol. The molecule has 1 aromatic carbocycles. The summed E-state index contributed by atoms with van der Waals surface area (Å²) in [7, 11) is 0. The fraction of sp³-hybridized carbons (Fsp3) is 0.158. The Morgan fingerprint density at radius 3 is 2.50 bits per heavy atom. The van der Waals surface area contributed by atoms with Gasteiger partial charge in [0.25, 0.3) is 0 Å². The monoisotopic (exact) mass is 359 g/mol. The van der Waals surface area contributed by atoms with E-state index in [1.54, 1.807) is 47.7 Å². The van der Waals surface area contributed by atoms with Crippen molar-refractivity contribution in [3.8, 4) is 0 Å². The van der Waals surface area contributed by atoms with E-state index in [0.29, 0.717) is 11.1 Å². The van der Waals surface area contributed by atoms with E-state index in [4.69, 9.17) is 0 Å². The second kappa shape index (κ2) is 7.13. The minimum Gasteiger partial charge on any atom is -0.379 e. The summed E-state index contributed by atoms with van der Waals surface area (Å²) in [5, 5.41) is 11.1. The van der Waals surface area contributed by atoms with E-state index in [0.717, 1.165) is 12.1 Å². The van der Waals surface area contributed by atoms with Crippen LogP contribution in [-0.2, 0) is 18.3 Å². The Labute approximate surface area is 148 Å². The molecule has 0 aliphatic heterocycles. The number of alkyl halides is 3. The minimum atomic E-state index is -4.42. The zero-order valence-corrected chi connectivity index (χ0v) is 13.6. The molecule has 0 fully saturated rings. The van der Waals surface area contributed by atoms with Gasteiger partial charge in [0.1, 0.15) is 5.60 Å². The third-order valence-corrected chi connectivity index (χ3v) is 3.91. The molecule has 1 atom stereocenters. The van der Waals surface area contributed by atoms with Gasteiger partial charge in [-0.1, -0.05) is 24.3 Å². The summed E-state index contributed by atoms with van der Waals surface area (Å²) in [5.74, 6) is 0. The molecule has 2 aromatic heterocycles. The van der Waals surface area contributed by atoms with Crippen molar-refractivity contribution in [3.05, 3.63) is 90.3 Å². The van der Waals surface area contributed by atoms with Crippen molar-refractivity contribution in [1.29, 1.82) is 0 Å². The topological polar surface area (TPSA) is 50.9 Å². The van der Waals surface area contributed by atoms with Gasteiger partial charge in [0.2, 0.25) is 0 Å². The molecule has 1 N–H and O–H groups in total. The number of hydrogen-bond donors (Lipinski definition) is 1. The lowest BCUT2D eigenvalue weighted by Gasteiger charge is -2.25. The van der Waals surface area contributed by atoms with Gasteiger partial charge in [0, 0.05) is 30.4 Å². The van der Waals surface area contributed by atoms with Crippen LogP contribution in [0.5, 0.6) is 0 Å². The molecule has 4 nitrogen and oxygen atoms in total. The maximum atomic E-state index is 12.9. The number of pyridine rings is 1. The molecule has 1 unspecified atom stereocenters. The van der Waals surface area contributed by atoms with Crippen LogP contribution in [0.2, 0.25) is 0 Å². The van der Waals surface area contributed by atoms with Crippen LogP contribution in [0.3, 0.4) is 0 Å². The van der Waals surface area contributed by atoms with Crippen LogP contribution in [0, 0.1) is 0 Å². The zero-order valence-electron chi connectivity index (χ0n) is 13.6. The van der Waals surface area contributed by atoms with Crippen molar-refractivity contribution in [1.82, 2.24) is 14.5 Å². The molecule has 0 spiro atoms. The first kappa shape index (κ1) is 17.9. The Morgan fingerprint density at radius 2 is 1.85 bits per heavy atom. The normalized spacial score (nSPS) is 14.5. The minimum absolute atomic E-state index is 0.147. The summed E-state index contributed by atoms with van der Waals surface area (Å²) in [5.41, 5.74) is -1.33. The third-order valence-electron chi connectivity index (χ3n) is 3.91. The Hall–Kier alpha value is -2.93. The summed E-state index contributed by atoms with van der Waals surface area (Å²) >= 11 is 0. The molecule has 2 heterocycles. The first-order valence-electron chi connectivity index (χ1n) is 7.82. The van der Waals surface area contributed by atoms with Crippen molar-refractivity contribution >= 4 is 6.08 Å². The van der Waals surface area contributed by atoms with E-state index >= 15 is 0 Å². The van der Waals surface area contributed by atoms with Gasteiger partial charge in [-0.05, 0) is 29.8 Å². The van der Waals surface area contributed by atoms with Gasteiger partial charge in [0.05, 0.1) is 18.4 Å². The molecule has 0 saturated heterocycles. The van der Waals surface area contributed by atoms with Gasteiger partial charge >= 0.3 is 6.18 Å². The lowest BCUT2D eigenvalue weighted by Crippen LogP contribution is -2.29. The van der Waals surface area contributed by atoms with Crippen molar-refractivity contribution in [2.45, 2.75) is 18.3 Å². The summed E-state index contributed by atoms with van der Waals surface area (Å²) < 4.78 is 40.3. The molecule has 0 bridgehead atoms. The smallest absolute Gasteiger partial charge is 0.379 e. The highest BCUT2D eigenvalue weighted by molar-refractivity contribution is 5.53. The quantitative estimate of drug-likeness (QED) is 0.752. The maximum absolute atomic E-state index is 12.9. The van der Waals surface area contributed by atoms with Crippen molar-refractivity contribution in [2.75, 3.05) is 0 Å². The van der Waals surface area contributed by atoms with Crippen molar-refractivity contribution in [2.24, 2.45) is 0 Å². The van der Waals surface area contributed by atoms with Crippen LogP contribution in [0.25, 0.3) is 6.08 Å². The predicted octanol–water partition coefficient (Wildman–Crippen LogP) is 3.90. The van der Waals surface area contributed by atoms with E-state index in [1.165, 1.54) is 24.4 Å². The third kappa shape index (κ3) is 4.18. The fourth-order valence-corrected chi connectivity index (χ4v) is 2.57. The number of imidazole rings is 1. The second-order valence-corrected chi connectivity index (χ2v) is 5.86. The number of rotatable bonds is 5. The number of aliphatic hydroxyl groups is 1. The number of nitrogens with zero attached hydrogens (tertiary/aromatic N) is 3. The van der Waals surface area contributed by atoms with E-state index in [2.05, 4.69) is 9.97 Å². The number of hydrogen-bond acceptors (Lipinski definition) is 3. The molecule has 3 rings (SSSR count). The highest BCUT2D eigenvalue weighted by atomic mass is 19.4. The highest BCUT2D eigenvalue weighted by Crippen LogP contribution is 2.30. The van der Waals surface area contributed by atoms with Crippen LogP contribution in [0.1, 0.15) is 16.7 Å². The van der Waals surface area contributed by atoms with Crippen LogP contribution in [0.4, 0.5) is 13.2 Å². The van der Waals surface area contributed by atoms with Gasteiger partial charge in [0.15, 0.2) is 0 Å². The molecule has 0 saturated carbocycles. The van der Waals surface area contributed by atoms with Crippen molar-refractivity contribution < 1.29 is 18.3 Å². The van der Waals surface area contributed by atoms with Crippen LogP contribution >= 0.6 is 0 Å². The van der Waals surface area contributed by atoms with Crippen LogP contribution < -0.4 is 0 Å². The Kier molecular flexibility index (Phi) is 4.90. The predicted molar refractivity (Wildman–Crippen MR) is 90.8 cm³/mol. The molecule has 134 valence electrons. The molecule has 3 aromatic rings. The largest absolute Gasteiger partial charge is 0.416 e. The second-order valence-electron chi connectivity index (χ2n) is 5.86. The van der Waals surface area contributed by atoms with Crippen LogP contribution in [-0.4, -0.2) is 19.6 Å². The average Bonchev–Trinajstić information content (AvgIpc) is 3.13. The molecular formula is C19H16F3N3O. The van der Waals surface area contributed by atoms with Crippen molar-refractivity contribution in [3.63, 3.8) is 0 Å². The number of halogens is 3. The van der Waals surface area contributed by atoms with Crippen LogP contribution in [0.15, 0.2) is 73.6 Å². The summed E-state index contributed by atoms with van der Waals surface area (Å²) in [6.45, 7) is 0.147. The first-order valence-corrected chi connectivity index (χ1v) is 7.82. The molecule has 0 aliphatic carbocycles. The molecule has 0 aliphatic rings. The van der Waals surface area contributed by atoms with Gasteiger partial charge in [-0.25, -0.2) is 4.98 Å². The molecule has 26 heavy (non-hydrogen) atoms. The molecular weight excluding hydrogens is 343 g/mol. The first-order chi connectivity index (χ1) is 12.4. The summed E-state index contributed by atoms with van der Waals surface area (Å²) in [4.78, 5) is 7.96. The Morgan fingerprint density at radius 1 is 1.04 bits per heavy atom. The molecule has 0 radical (unpaired) electrons. The summed E-state index contributed by atoms with van der Waals surface area (Å²) in [6, 6.07) is 8.33. The Balaban J connectivity index is 1.94. The van der Waals surface area contributed by atoms with E-state index < -0.39 is 17.3 Å². The van der Waals surface area contributed by atoms with E-state index in [1.807, 2.05) is 0 Å². The zero-order chi connectivity index (χ0) is 18.6. The van der Waals surface area contributed by atoms with Gasteiger partial charge in [-0.15, -0.1) is 0 Å². The lowest BCUT2D eigenvalue weighted by atomic mass is 9.93. The van der Waals surface area contributed by atoms with Gasteiger partial charge in [-0.2, -0.15) is 13.2 Å². The highest BCUT2D eigenvalue weighted by Gasteiger charge is 2.30. The van der Waals surface area contributed by atoms with Gasteiger partial charge in [-0.3, -0.25) is 4.98 Å². The fourth-order valence-electron chi connectivity index (χ4n) is 2.57. The summed E-state index contributed by atoms with van der Waals surface area (Å²) in [6.07, 6.45) is 6.46. The SMILES string of the molecule is OC(/C=C/c1cccc(C(F)(F)F)c1)(Cn1ccnc1)c1cccnc1. The molecule has 0 amide bonds. The number of benzene rings is 1. The Bertz CT molecular complexity index is 877. The van der Waals surface area contributed by atoms with E-state index in [-0.39, 0.29) is 6.54 Å².